The molecule has 8 bridgehead atoms. The lowest BCUT2D eigenvalue weighted by Crippen LogP contribution is -2.24. The molecule has 1 aliphatic heterocycles. The van der Waals surface area contributed by atoms with E-state index in [-0.39, 0.29) is 10.8 Å². The molecule has 0 radical (unpaired) electrons. The monoisotopic (exact) mass is 548 g/mol. The number of nitrogens with zero attached hydrogens (tertiary/aromatic N) is 4. The zero-order chi connectivity index (χ0) is 29.2. The van der Waals surface area contributed by atoms with E-state index in [9.17, 15) is 0 Å². The molecule has 4 heteroatoms. The van der Waals surface area contributed by atoms with Gasteiger partial charge in [-0.2, -0.15) is 0 Å². The molecule has 3 heterocycles. The number of fused-ring (bicyclic) bond motifs is 10. The molecule has 1 aliphatic rings. The molecule has 0 amide bonds. The summed E-state index contributed by atoms with van der Waals surface area (Å²) in [5.74, 6) is 2.01. The fraction of sp³-hybridized carbons (Fsp3) is 0.211. The van der Waals surface area contributed by atoms with Gasteiger partial charge in [-0.15, -0.1) is 0 Å². The Morgan fingerprint density at radius 2 is 0.810 bits per heavy atom. The van der Waals surface area contributed by atoms with Crippen molar-refractivity contribution in [2.75, 3.05) is 0 Å². The number of imidazole rings is 2. The van der Waals surface area contributed by atoms with Crippen LogP contribution in [-0.4, -0.2) is 19.1 Å². The average molecular weight is 549 g/mol. The van der Waals surface area contributed by atoms with E-state index in [1.54, 1.807) is 0 Å². The summed E-state index contributed by atoms with van der Waals surface area (Å²) in [4.78, 5) is 11.0. The zero-order valence-electron chi connectivity index (χ0n) is 25.2. The van der Waals surface area contributed by atoms with Crippen molar-refractivity contribution in [3.8, 4) is 45.0 Å². The molecule has 0 aliphatic carbocycles. The Morgan fingerprint density at radius 1 is 0.452 bits per heavy atom. The maximum absolute atomic E-state index is 5.52. The van der Waals surface area contributed by atoms with Crippen LogP contribution < -0.4 is 0 Å². The summed E-state index contributed by atoms with van der Waals surface area (Å²) in [6.07, 6.45) is 0. The second-order valence-corrected chi connectivity index (χ2v) is 12.5. The van der Waals surface area contributed by atoms with E-state index in [1.165, 1.54) is 22.3 Å². The topological polar surface area (TPSA) is 35.6 Å². The lowest BCUT2D eigenvalue weighted by atomic mass is 9.80. The van der Waals surface area contributed by atoms with E-state index in [0.717, 1.165) is 45.6 Å². The molecule has 0 saturated heterocycles. The number of hydrogen-bond donors (Lipinski definition) is 0. The highest BCUT2D eigenvalue weighted by molar-refractivity contribution is 5.86. The van der Waals surface area contributed by atoms with Crippen LogP contribution in [0.25, 0.3) is 45.0 Å². The van der Waals surface area contributed by atoms with Crippen molar-refractivity contribution >= 4 is 0 Å². The fourth-order valence-electron chi connectivity index (χ4n) is 6.73. The van der Waals surface area contributed by atoms with Crippen molar-refractivity contribution in [1.29, 1.82) is 0 Å². The summed E-state index contributed by atoms with van der Waals surface area (Å²) >= 11 is 0. The second-order valence-electron chi connectivity index (χ2n) is 12.5. The van der Waals surface area contributed by atoms with Gasteiger partial charge in [0.15, 0.2) is 0 Å². The first-order valence-corrected chi connectivity index (χ1v) is 14.6. The first-order valence-electron chi connectivity index (χ1n) is 14.6. The molecule has 42 heavy (non-hydrogen) atoms. The molecule has 2 aromatic heterocycles. The highest BCUT2D eigenvalue weighted by Gasteiger charge is 2.36. The van der Waals surface area contributed by atoms with Gasteiger partial charge in [0.25, 0.3) is 0 Å². The van der Waals surface area contributed by atoms with E-state index < -0.39 is 0 Å². The summed E-state index contributed by atoms with van der Waals surface area (Å²) in [6, 6.07) is 39.1. The average Bonchev–Trinajstić information content (AvgIpc) is 3.55. The Hall–Kier alpha value is -4.70. The van der Waals surface area contributed by atoms with Crippen LogP contribution in [0, 0.1) is 0 Å². The second kappa shape index (κ2) is 9.42. The third-order valence-corrected chi connectivity index (χ3v) is 9.13. The van der Waals surface area contributed by atoms with Gasteiger partial charge in [-0.1, -0.05) is 109 Å². The molecule has 0 spiro atoms. The lowest BCUT2D eigenvalue weighted by molar-refractivity contribution is 0.563. The molecule has 0 N–H and O–H groups in total. The summed E-state index contributed by atoms with van der Waals surface area (Å²) in [7, 11) is 4.30. The van der Waals surface area contributed by atoms with Gasteiger partial charge in [-0.25, -0.2) is 9.97 Å². The molecule has 0 unspecified atom stereocenters. The van der Waals surface area contributed by atoms with Crippen LogP contribution >= 0.6 is 0 Å². The Morgan fingerprint density at radius 3 is 1.19 bits per heavy atom. The number of benzene rings is 4. The molecule has 0 fully saturated rings. The van der Waals surface area contributed by atoms with E-state index in [0.29, 0.717) is 0 Å². The van der Waals surface area contributed by atoms with Crippen LogP contribution in [0.4, 0.5) is 0 Å². The van der Waals surface area contributed by atoms with Crippen LogP contribution in [0.2, 0.25) is 0 Å². The largest absolute Gasteiger partial charge is 0.330 e. The Balaban J connectivity index is 1.65. The molecule has 6 aromatic rings. The Kier molecular flexibility index (Phi) is 5.88. The van der Waals surface area contributed by atoms with Crippen LogP contribution in [-0.2, 0) is 24.9 Å². The van der Waals surface area contributed by atoms with Gasteiger partial charge in [0.1, 0.15) is 23.0 Å². The summed E-state index contributed by atoms with van der Waals surface area (Å²) in [5.41, 5.74) is 10.4. The highest BCUT2D eigenvalue weighted by atomic mass is 15.1. The normalized spacial score (nSPS) is 14.8. The summed E-state index contributed by atoms with van der Waals surface area (Å²) in [6.45, 7) is 9.11. The van der Waals surface area contributed by atoms with Gasteiger partial charge in [0, 0.05) is 36.1 Å². The number of hydrogen-bond acceptors (Lipinski definition) is 2. The van der Waals surface area contributed by atoms with E-state index in [4.69, 9.17) is 9.97 Å². The maximum Gasteiger partial charge on any atom is 0.119 e. The fourth-order valence-corrected chi connectivity index (χ4v) is 6.73. The first kappa shape index (κ1) is 26.2. The van der Waals surface area contributed by atoms with Crippen LogP contribution in [0.5, 0.6) is 0 Å². The minimum Gasteiger partial charge on any atom is -0.330 e. The standard InChI is InChI=1S/C38H36N4/c1-37(2)29-21-13-19-27(23-29)28-20-14-22-30(24-28)38(3,4)36-40-32(34(42(36)6)26-17-11-8-12-18-26)31-33(41(5)35(37)39-31)25-15-9-7-10-16-25/h7-24H,1-6H3. The predicted octanol–water partition coefficient (Wildman–Crippen LogP) is 8.79. The molecule has 7 rings (SSSR count). The van der Waals surface area contributed by atoms with Crippen molar-refractivity contribution in [3.63, 3.8) is 0 Å². The zero-order valence-corrected chi connectivity index (χ0v) is 25.2. The van der Waals surface area contributed by atoms with Crippen LogP contribution in [0.1, 0.15) is 50.5 Å². The van der Waals surface area contributed by atoms with Gasteiger partial charge in [-0.3, -0.25) is 0 Å². The molecular weight excluding hydrogens is 512 g/mol. The minimum atomic E-state index is -0.363. The molecule has 0 saturated carbocycles. The molecule has 0 atom stereocenters. The predicted molar refractivity (Wildman–Crippen MR) is 172 cm³/mol. The van der Waals surface area contributed by atoms with Crippen molar-refractivity contribution in [1.82, 2.24) is 19.1 Å². The third-order valence-electron chi connectivity index (χ3n) is 9.13. The third kappa shape index (κ3) is 3.89. The van der Waals surface area contributed by atoms with E-state index in [1.807, 2.05) is 0 Å². The van der Waals surface area contributed by atoms with Gasteiger partial charge >= 0.3 is 0 Å². The Labute approximate surface area is 248 Å². The van der Waals surface area contributed by atoms with Crippen molar-refractivity contribution in [2.24, 2.45) is 14.1 Å². The molecular formula is C38H36N4. The van der Waals surface area contributed by atoms with E-state index in [2.05, 4.69) is 160 Å². The SMILES string of the molecule is Cn1c2nc(c1-c1ccccc1)-c1nc(n(C)c1-c1ccccc1)C(C)(C)c1cccc(c1)-c1cccc(c1)C2(C)C. The molecule has 4 aromatic carbocycles. The highest BCUT2D eigenvalue weighted by Crippen LogP contribution is 2.44. The van der Waals surface area contributed by atoms with E-state index >= 15 is 0 Å². The van der Waals surface area contributed by atoms with Gasteiger partial charge < -0.3 is 9.13 Å². The van der Waals surface area contributed by atoms with Crippen molar-refractivity contribution < 1.29 is 0 Å². The summed E-state index contributed by atoms with van der Waals surface area (Å²) < 4.78 is 4.57. The van der Waals surface area contributed by atoms with Gasteiger partial charge in [-0.05, 0) is 49.9 Å². The first-order chi connectivity index (χ1) is 20.2. The van der Waals surface area contributed by atoms with Crippen LogP contribution in [0.15, 0.2) is 109 Å². The smallest absolute Gasteiger partial charge is 0.119 e. The van der Waals surface area contributed by atoms with Crippen LogP contribution in [0.3, 0.4) is 0 Å². The van der Waals surface area contributed by atoms with Gasteiger partial charge in [0.2, 0.25) is 0 Å². The lowest BCUT2D eigenvalue weighted by Gasteiger charge is -2.27. The van der Waals surface area contributed by atoms with Crippen molar-refractivity contribution in [2.45, 2.75) is 38.5 Å². The molecule has 4 nitrogen and oxygen atoms in total. The molecule has 208 valence electrons. The number of rotatable bonds is 2. The van der Waals surface area contributed by atoms with Crippen molar-refractivity contribution in [3.05, 3.63) is 132 Å². The Bertz CT molecular complexity index is 1800. The minimum absolute atomic E-state index is 0.363. The maximum atomic E-state index is 5.52. The number of aromatic nitrogens is 4. The van der Waals surface area contributed by atoms with Gasteiger partial charge in [0.05, 0.1) is 11.4 Å². The quantitative estimate of drug-likeness (QED) is 0.217. The summed E-state index contributed by atoms with van der Waals surface area (Å²) in [5, 5.41) is 0.